The highest BCUT2D eigenvalue weighted by Gasteiger charge is 2.64. The van der Waals surface area contributed by atoms with Crippen LogP contribution in [0.1, 0.15) is 32.3 Å². The fourth-order valence-electron chi connectivity index (χ4n) is 4.21. The maximum atomic E-state index is 14.1. The summed E-state index contributed by atoms with van der Waals surface area (Å²) in [4.78, 5) is 37.7. The third-order valence-electron chi connectivity index (χ3n) is 5.83. The summed E-state index contributed by atoms with van der Waals surface area (Å²) < 4.78 is 57.7. The molecule has 0 spiro atoms. The van der Waals surface area contributed by atoms with Crippen LogP contribution in [0, 0.1) is 0 Å². The van der Waals surface area contributed by atoms with E-state index in [-0.39, 0.29) is 12.3 Å². The number of amides is 1. The SMILES string of the molecule is CO[C@](C(=O)O[C@@H]1C=C(C)[C@H]2[C@@H](/C=C/CCC(C)=O)OC(=O)N2C1)(c1ccccc1)C(F)(F)F. The maximum absolute atomic E-state index is 14.1. The Bertz CT molecular complexity index is 990. The molecule has 0 saturated carbocycles. The van der Waals surface area contributed by atoms with Crippen LogP contribution in [0.25, 0.3) is 0 Å². The molecule has 34 heavy (non-hydrogen) atoms. The van der Waals surface area contributed by atoms with Crippen molar-refractivity contribution >= 4 is 17.8 Å². The average Bonchev–Trinajstić information content (AvgIpc) is 3.07. The molecule has 2 aliphatic heterocycles. The summed E-state index contributed by atoms with van der Waals surface area (Å²) >= 11 is 0. The van der Waals surface area contributed by atoms with Crippen molar-refractivity contribution in [3.63, 3.8) is 0 Å². The van der Waals surface area contributed by atoms with Crippen molar-refractivity contribution in [1.82, 2.24) is 4.90 Å². The van der Waals surface area contributed by atoms with Crippen molar-refractivity contribution in [1.29, 1.82) is 0 Å². The first kappa shape index (κ1) is 25.5. The number of esters is 1. The molecule has 0 bridgehead atoms. The predicted octanol–water partition coefficient (Wildman–Crippen LogP) is 4.08. The number of carbonyl (C=O) groups is 3. The minimum atomic E-state index is -5.10. The molecule has 1 aromatic carbocycles. The monoisotopic (exact) mass is 481 g/mol. The quantitative estimate of drug-likeness (QED) is 0.411. The van der Waals surface area contributed by atoms with Crippen molar-refractivity contribution in [3.8, 4) is 0 Å². The van der Waals surface area contributed by atoms with Crippen LogP contribution in [0.5, 0.6) is 0 Å². The van der Waals surface area contributed by atoms with Crippen LogP contribution in [-0.2, 0) is 29.4 Å². The summed E-state index contributed by atoms with van der Waals surface area (Å²) in [5.41, 5.74) is -3.13. The molecule has 0 aromatic heterocycles. The number of halogens is 3. The fraction of sp³-hybridized carbons (Fsp3) is 0.458. The number of Topliss-reactive ketones (excluding diaryl/α,β-unsaturated/α-hetero) is 1. The van der Waals surface area contributed by atoms with Crippen LogP contribution in [0.4, 0.5) is 18.0 Å². The zero-order valence-corrected chi connectivity index (χ0v) is 19.0. The highest BCUT2D eigenvalue weighted by molar-refractivity contribution is 5.83. The second-order valence-corrected chi connectivity index (χ2v) is 8.22. The first-order chi connectivity index (χ1) is 16.0. The van der Waals surface area contributed by atoms with E-state index in [0.717, 1.165) is 19.2 Å². The molecular formula is C24H26F3NO6. The van der Waals surface area contributed by atoms with Gasteiger partial charge in [0.1, 0.15) is 18.0 Å². The molecule has 10 heteroatoms. The number of cyclic esters (lactones) is 1. The van der Waals surface area contributed by atoms with Gasteiger partial charge in [0, 0.05) is 19.1 Å². The number of rotatable bonds is 8. The van der Waals surface area contributed by atoms with Crippen molar-refractivity contribution in [2.45, 2.75) is 56.7 Å². The van der Waals surface area contributed by atoms with Gasteiger partial charge in [-0.1, -0.05) is 36.4 Å². The smallest absolute Gasteiger partial charge is 0.432 e. The summed E-state index contributed by atoms with van der Waals surface area (Å²) in [7, 11) is 0.792. The Morgan fingerprint density at radius 2 is 1.91 bits per heavy atom. The molecule has 1 fully saturated rings. The average molecular weight is 481 g/mol. The highest BCUT2D eigenvalue weighted by atomic mass is 19.4. The predicted molar refractivity (Wildman–Crippen MR) is 115 cm³/mol. The molecule has 7 nitrogen and oxygen atoms in total. The first-order valence-electron chi connectivity index (χ1n) is 10.7. The van der Waals surface area contributed by atoms with Crippen LogP contribution in [-0.4, -0.2) is 60.8 Å². The van der Waals surface area contributed by atoms with Crippen LogP contribution in [0.15, 0.2) is 54.1 Å². The van der Waals surface area contributed by atoms with E-state index in [2.05, 4.69) is 0 Å². The van der Waals surface area contributed by atoms with Crippen molar-refractivity contribution in [2.75, 3.05) is 13.7 Å². The van der Waals surface area contributed by atoms with Crippen molar-refractivity contribution < 1.29 is 41.8 Å². The Balaban J connectivity index is 1.82. The minimum Gasteiger partial charge on any atom is -0.454 e. The van der Waals surface area contributed by atoms with Gasteiger partial charge in [-0.05, 0) is 38.0 Å². The van der Waals surface area contributed by atoms with Gasteiger partial charge in [0.15, 0.2) is 0 Å². The topological polar surface area (TPSA) is 82.1 Å². The third kappa shape index (κ3) is 4.86. The number of hydrogen-bond acceptors (Lipinski definition) is 6. The first-order valence-corrected chi connectivity index (χ1v) is 10.7. The van der Waals surface area contributed by atoms with Crippen molar-refractivity contribution in [3.05, 3.63) is 59.7 Å². The molecule has 0 radical (unpaired) electrons. The largest absolute Gasteiger partial charge is 0.454 e. The molecular weight excluding hydrogens is 455 g/mol. The number of benzene rings is 1. The molecule has 2 aliphatic rings. The Morgan fingerprint density at radius 3 is 2.50 bits per heavy atom. The second-order valence-electron chi connectivity index (χ2n) is 8.22. The van der Waals surface area contributed by atoms with Crippen LogP contribution >= 0.6 is 0 Å². The Kier molecular flexibility index (Phi) is 7.50. The van der Waals surface area contributed by atoms with E-state index in [9.17, 15) is 27.6 Å². The lowest BCUT2D eigenvalue weighted by atomic mass is 9.92. The van der Waals surface area contributed by atoms with Gasteiger partial charge in [-0.2, -0.15) is 13.2 Å². The molecule has 0 unspecified atom stereocenters. The van der Waals surface area contributed by atoms with E-state index >= 15 is 0 Å². The minimum absolute atomic E-state index is 0.0367. The number of methoxy groups -OCH3 is 1. The number of alkyl halides is 3. The van der Waals surface area contributed by atoms with E-state index in [1.807, 2.05) is 0 Å². The summed E-state index contributed by atoms with van der Waals surface area (Å²) in [6.07, 6.45) is -1.71. The molecule has 2 heterocycles. The highest BCUT2D eigenvalue weighted by Crippen LogP contribution is 2.43. The van der Waals surface area contributed by atoms with Gasteiger partial charge in [0.25, 0.3) is 5.60 Å². The molecule has 0 aliphatic carbocycles. The second kappa shape index (κ2) is 10.0. The van der Waals surface area contributed by atoms with E-state index in [1.54, 1.807) is 19.1 Å². The van der Waals surface area contributed by atoms with E-state index < -0.39 is 47.7 Å². The number of fused-ring (bicyclic) bond motifs is 1. The zero-order chi connectivity index (χ0) is 25.1. The normalized spacial score (nSPS) is 24.3. The molecule has 184 valence electrons. The summed E-state index contributed by atoms with van der Waals surface area (Å²) in [5, 5.41) is 0. The van der Waals surface area contributed by atoms with Crippen LogP contribution < -0.4 is 0 Å². The van der Waals surface area contributed by atoms with Crippen molar-refractivity contribution in [2.24, 2.45) is 0 Å². The lowest BCUT2D eigenvalue weighted by Gasteiger charge is -2.36. The summed E-state index contributed by atoms with van der Waals surface area (Å²) in [6, 6.07) is 6.03. The van der Waals surface area contributed by atoms with Gasteiger partial charge in [0.05, 0.1) is 12.6 Å². The Hall–Kier alpha value is -3.14. The van der Waals surface area contributed by atoms with Crippen LogP contribution in [0.2, 0.25) is 0 Å². The fourth-order valence-corrected chi connectivity index (χ4v) is 4.21. The molecule has 3 rings (SSSR count). The lowest BCUT2D eigenvalue weighted by molar-refractivity contribution is -0.277. The van der Waals surface area contributed by atoms with E-state index in [0.29, 0.717) is 18.4 Å². The van der Waals surface area contributed by atoms with Gasteiger partial charge in [0.2, 0.25) is 0 Å². The van der Waals surface area contributed by atoms with Gasteiger partial charge in [-0.3, -0.25) is 4.90 Å². The molecule has 0 N–H and O–H groups in total. The number of carbonyl (C=O) groups excluding carboxylic acids is 3. The summed E-state index contributed by atoms with van der Waals surface area (Å²) in [5.74, 6) is -1.59. The standard InChI is InChI=1S/C24H26F3NO6/c1-15-13-18(14-28-20(15)19(34-22(28)31)12-8-7-9-16(2)29)33-21(30)23(32-3,24(25,26)27)17-10-5-4-6-11-17/h4-6,8,10-13,18-20H,7,9,14H2,1-3H3/b12-8+/t18-,19-,20+,23+/m1/s1. The molecule has 1 amide bonds. The van der Waals surface area contributed by atoms with E-state index in [4.69, 9.17) is 14.2 Å². The van der Waals surface area contributed by atoms with Gasteiger partial charge >= 0.3 is 18.2 Å². The summed E-state index contributed by atoms with van der Waals surface area (Å²) in [6.45, 7) is 2.99. The number of hydrogen-bond donors (Lipinski definition) is 0. The number of ketones is 1. The van der Waals surface area contributed by atoms with Crippen LogP contribution in [0.3, 0.4) is 0 Å². The van der Waals surface area contributed by atoms with Gasteiger partial charge < -0.3 is 19.0 Å². The number of nitrogens with zero attached hydrogens (tertiary/aromatic N) is 1. The maximum Gasteiger partial charge on any atom is 0.432 e. The van der Waals surface area contributed by atoms with Gasteiger partial charge in [-0.15, -0.1) is 0 Å². The van der Waals surface area contributed by atoms with Gasteiger partial charge in [-0.25, -0.2) is 9.59 Å². The zero-order valence-electron chi connectivity index (χ0n) is 19.0. The third-order valence-corrected chi connectivity index (χ3v) is 5.83. The molecule has 1 saturated heterocycles. The Morgan fingerprint density at radius 1 is 1.24 bits per heavy atom. The Labute approximate surface area is 195 Å². The lowest BCUT2D eigenvalue weighted by Crippen LogP contribution is -2.54. The number of ether oxygens (including phenoxy) is 3. The van der Waals surface area contributed by atoms with E-state index in [1.165, 1.54) is 36.1 Å². The molecule has 1 aromatic rings. The number of allylic oxidation sites excluding steroid dienone is 1. The molecule has 4 atom stereocenters.